The topological polar surface area (TPSA) is 101 Å². The zero-order valence-corrected chi connectivity index (χ0v) is 6.61. The van der Waals surface area contributed by atoms with Crippen molar-refractivity contribution in [2.75, 3.05) is 13.2 Å². The van der Waals surface area contributed by atoms with Crippen molar-refractivity contribution in [1.29, 1.82) is 0 Å². The molecule has 70 valence electrons. The van der Waals surface area contributed by atoms with E-state index < -0.39 is 31.5 Å². The molecule has 0 saturated carbocycles. The zero-order chi connectivity index (χ0) is 8.15. The van der Waals surface area contributed by atoms with Gasteiger partial charge in [-0.2, -0.15) is 0 Å². The second-order valence-electron chi connectivity index (χ2n) is 1.99. The van der Waals surface area contributed by atoms with Crippen molar-refractivity contribution in [3.05, 3.63) is 0 Å². The maximum absolute atomic E-state index is 8.77. The van der Waals surface area contributed by atoms with Gasteiger partial charge >= 0.3 is 0 Å². The molecule has 0 aromatic rings. The second-order valence-corrected chi connectivity index (χ2v) is 1.99. The molecule has 5 nitrogen and oxygen atoms in total. The van der Waals surface area contributed by atoms with E-state index in [0.29, 0.717) is 0 Å². The van der Waals surface area contributed by atoms with Crippen LogP contribution in [-0.4, -0.2) is 57.1 Å². The van der Waals surface area contributed by atoms with Gasteiger partial charge in [-0.25, -0.2) is 0 Å². The number of halogens is 1. The summed E-state index contributed by atoms with van der Waals surface area (Å²) in [4.78, 5) is 0. The highest BCUT2D eigenvalue weighted by Gasteiger charge is 2.22. The lowest BCUT2D eigenvalue weighted by Gasteiger charge is -2.19. The highest BCUT2D eigenvalue weighted by Crippen LogP contribution is 1.97. The maximum Gasteiger partial charge on any atom is 0.110 e. The zero-order valence-electron chi connectivity index (χ0n) is 5.79. The van der Waals surface area contributed by atoms with Crippen LogP contribution in [0.25, 0.3) is 0 Å². The molecule has 0 fully saturated rings. The van der Waals surface area contributed by atoms with E-state index in [1.807, 2.05) is 0 Å². The first-order valence-electron chi connectivity index (χ1n) is 2.89. The molecule has 5 N–H and O–H groups in total. The van der Waals surface area contributed by atoms with E-state index in [1.165, 1.54) is 0 Å². The van der Waals surface area contributed by atoms with E-state index in [-0.39, 0.29) is 12.4 Å². The van der Waals surface area contributed by atoms with Gasteiger partial charge in [0.25, 0.3) is 0 Å². The number of hydrogen-bond acceptors (Lipinski definition) is 5. The maximum atomic E-state index is 8.77. The fourth-order valence-electron chi connectivity index (χ4n) is 0.472. The monoisotopic (exact) mass is 188 g/mol. The minimum Gasteiger partial charge on any atom is -0.394 e. The number of aliphatic hydroxyl groups excluding tert-OH is 5. The van der Waals surface area contributed by atoms with Gasteiger partial charge in [0.2, 0.25) is 0 Å². The summed E-state index contributed by atoms with van der Waals surface area (Å²) in [5.74, 6) is 0. The van der Waals surface area contributed by atoms with E-state index in [4.69, 9.17) is 25.5 Å². The molecule has 0 unspecified atom stereocenters. The number of hydrogen-bond donors (Lipinski definition) is 5. The van der Waals surface area contributed by atoms with Gasteiger partial charge in [-0.05, 0) is 0 Å². The molecule has 0 spiro atoms. The van der Waals surface area contributed by atoms with E-state index in [2.05, 4.69) is 0 Å². The lowest BCUT2D eigenvalue weighted by atomic mass is 10.1. The molecular weight excluding hydrogens is 176 g/mol. The first kappa shape index (κ1) is 13.7. The van der Waals surface area contributed by atoms with Gasteiger partial charge in [0.05, 0.1) is 13.2 Å². The van der Waals surface area contributed by atoms with Crippen molar-refractivity contribution in [2.45, 2.75) is 18.3 Å². The molecule has 0 aliphatic heterocycles. The van der Waals surface area contributed by atoms with E-state index in [0.717, 1.165) is 0 Å². The van der Waals surface area contributed by atoms with Gasteiger partial charge in [-0.15, -0.1) is 12.4 Å². The van der Waals surface area contributed by atoms with Crippen LogP contribution in [0.4, 0.5) is 0 Å². The van der Waals surface area contributed by atoms with Crippen LogP contribution in [0.2, 0.25) is 0 Å². The van der Waals surface area contributed by atoms with Crippen molar-refractivity contribution < 1.29 is 25.5 Å². The van der Waals surface area contributed by atoms with Crippen molar-refractivity contribution >= 4 is 12.4 Å². The Labute approximate surface area is 70.3 Å². The fourth-order valence-corrected chi connectivity index (χ4v) is 0.472. The van der Waals surface area contributed by atoms with Crippen LogP contribution < -0.4 is 0 Å². The van der Waals surface area contributed by atoms with Crippen molar-refractivity contribution in [2.24, 2.45) is 0 Å². The summed E-state index contributed by atoms with van der Waals surface area (Å²) < 4.78 is 0. The fraction of sp³-hybridized carbons (Fsp3) is 1.00. The standard InChI is InChI=1S/C5H12O5.ClH/c6-1-3(8)5(10)4(9)2-7;/h3-10H,1-2H2;1H/t3-,4-;/m1./s1. The molecule has 0 saturated heterocycles. The third-order valence-corrected chi connectivity index (χ3v) is 1.16. The molecule has 6 heteroatoms. The predicted molar refractivity (Wildman–Crippen MR) is 39.4 cm³/mol. The van der Waals surface area contributed by atoms with Crippen LogP contribution in [0.5, 0.6) is 0 Å². The Morgan fingerprint density at radius 2 is 1.09 bits per heavy atom. The Kier molecular flexibility index (Phi) is 8.42. The average Bonchev–Trinajstić information content (AvgIpc) is 2.00. The Morgan fingerprint density at radius 1 is 0.818 bits per heavy atom. The quantitative estimate of drug-likeness (QED) is 0.335. The molecule has 0 bridgehead atoms. The second kappa shape index (κ2) is 6.78. The van der Waals surface area contributed by atoms with Crippen LogP contribution in [-0.2, 0) is 0 Å². The molecule has 0 heterocycles. The molecule has 11 heavy (non-hydrogen) atoms. The van der Waals surface area contributed by atoms with Gasteiger partial charge in [-0.3, -0.25) is 0 Å². The summed E-state index contributed by atoms with van der Waals surface area (Å²) in [6.07, 6.45) is -4.29. The average molecular weight is 189 g/mol. The molecule has 2 atom stereocenters. The van der Waals surface area contributed by atoms with Crippen LogP contribution in [0.15, 0.2) is 0 Å². The highest BCUT2D eigenvalue weighted by molar-refractivity contribution is 5.85. The predicted octanol–water partition coefficient (Wildman–Crippen LogP) is -2.52. The summed E-state index contributed by atoms with van der Waals surface area (Å²) in [6, 6.07) is 0. The minimum absolute atomic E-state index is 0. The molecular formula is C5H13ClO5. The molecule has 0 aromatic carbocycles. The van der Waals surface area contributed by atoms with Crippen LogP contribution in [0.3, 0.4) is 0 Å². The van der Waals surface area contributed by atoms with Gasteiger partial charge in [0.15, 0.2) is 0 Å². The minimum atomic E-state index is -1.49. The van der Waals surface area contributed by atoms with Crippen LogP contribution in [0.1, 0.15) is 0 Å². The Morgan fingerprint density at radius 3 is 1.27 bits per heavy atom. The molecule has 0 rings (SSSR count). The lowest BCUT2D eigenvalue weighted by molar-refractivity contribution is -0.0900. The summed E-state index contributed by atoms with van der Waals surface area (Å²) in [5, 5.41) is 42.6. The van der Waals surface area contributed by atoms with Gasteiger partial charge in [0, 0.05) is 0 Å². The van der Waals surface area contributed by atoms with Crippen molar-refractivity contribution in [1.82, 2.24) is 0 Å². The molecule has 0 amide bonds. The first-order valence-corrected chi connectivity index (χ1v) is 2.89. The molecule has 0 aliphatic rings. The van der Waals surface area contributed by atoms with Crippen molar-refractivity contribution in [3.8, 4) is 0 Å². The summed E-state index contributed by atoms with van der Waals surface area (Å²) in [6.45, 7) is -1.28. The summed E-state index contributed by atoms with van der Waals surface area (Å²) >= 11 is 0. The van der Waals surface area contributed by atoms with E-state index in [9.17, 15) is 0 Å². The van der Waals surface area contributed by atoms with E-state index >= 15 is 0 Å². The largest absolute Gasteiger partial charge is 0.394 e. The molecule has 0 aromatic heterocycles. The third-order valence-electron chi connectivity index (χ3n) is 1.16. The van der Waals surface area contributed by atoms with Crippen LogP contribution in [0, 0.1) is 0 Å². The number of rotatable bonds is 4. The first-order chi connectivity index (χ1) is 4.63. The Hall–Kier alpha value is 0.0900. The summed E-state index contributed by atoms with van der Waals surface area (Å²) in [7, 11) is 0. The highest BCUT2D eigenvalue weighted by atomic mass is 35.5. The van der Waals surface area contributed by atoms with Gasteiger partial charge < -0.3 is 25.5 Å². The third kappa shape index (κ3) is 4.52. The van der Waals surface area contributed by atoms with Gasteiger partial charge in [-0.1, -0.05) is 0 Å². The smallest absolute Gasteiger partial charge is 0.110 e. The summed E-state index contributed by atoms with van der Waals surface area (Å²) in [5.41, 5.74) is 0. The molecule has 0 radical (unpaired) electrons. The van der Waals surface area contributed by atoms with Crippen LogP contribution >= 0.6 is 12.4 Å². The van der Waals surface area contributed by atoms with E-state index in [1.54, 1.807) is 0 Å². The Balaban J connectivity index is 0. The molecule has 0 aliphatic carbocycles. The SMILES string of the molecule is Cl.OC[C@@H](O)C(O)[C@H](O)CO. The lowest BCUT2D eigenvalue weighted by Crippen LogP contribution is -2.41. The van der Waals surface area contributed by atoms with Crippen molar-refractivity contribution in [3.63, 3.8) is 0 Å². The number of aliphatic hydroxyl groups is 5. The normalized spacial score (nSPS) is 15.8. The van der Waals surface area contributed by atoms with Gasteiger partial charge in [0.1, 0.15) is 18.3 Å². The Bertz CT molecular complexity index is 80.9.